The molecular formula is C15H15IN2O. The fraction of sp³-hybridized carbons (Fsp3) is 0.333. The van der Waals surface area contributed by atoms with Gasteiger partial charge in [-0.3, -0.25) is 9.48 Å². The van der Waals surface area contributed by atoms with Crippen molar-refractivity contribution in [3.05, 3.63) is 39.6 Å². The normalized spacial score (nSPS) is 15.8. The number of hydrogen-bond acceptors (Lipinski definition) is 2. The number of benzene rings is 1. The predicted octanol–water partition coefficient (Wildman–Crippen LogP) is 4.08. The SMILES string of the molecule is O=Cc1cn(C2CCCC2)nc1-c1ccc(I)cc1. The van der Waals surface area contributed by atoms with E-state index in [1.165, 1.54) is 29.3 Å². The van der Waals surface area contributed by atoms with Crippen molar-refractivity contribution in [2.75, 3.05) is 0 Å². The van der Waals surface area contributed by atoms with E-state index in [9.17, 15) is 4.79 Å². The van der Waals surface area contributed by atoms with Gasteiger partial charge in [-0.25, -0.2) is 0 Å². The number of aldehydes is 1. The molecule has 0 saturated heterocycles. The van der Waals surface area contributed by atoms with E-state index >= 15 is 0 Å². The third-order valence-electron chi connectivity index (χ3n) is 3.70. The number of hydrogen-bond donors (Lipinski definition) is 0. The second kappa shape index (κ2) is 5.45. The van der Waals surface area contributed by atoms with Crippen molar-refractivity contribution >= 4 is 28.9 Å². The molecule has 0 aliphatic heterocycles. The fourth-order valence-electron chi connectivity index (χ4n) is 2.68. The molecule has 0 unspecified atom stereocenters. The van der Waals surface area contributed by atoms with Crippen LogP contribution in [-0.4, -0.2) is 16.1 Å². The lowest BCUT2D eigenvalue weighted by molar-refractivity contribution is 0.112. The maximum atomic E-state index is 11.2. The van der Waals surface area contributed by atoms with E-state index in [0.717, 1.165) is 17.5 Å². The van der Waals surface area contributed by atoms with Crippen LogP contribution in [0.4, 0.5) is 0 Å². The Morgan fingerprint density at radius 3 is 2.53 bits per heavy atom. The highest BCUT2D eigenvalue weighted by molar-refractivity contribution is 14.1. The summed E-state index contributed by atoms with van der Waals surface area (Å²) in [5, 5.41) is 4.65. The molecule has 0 atom stereocenters. The van der Waals surface area contributed by atoms with Gasteiger partial charge < -0.3 is 0 Å². The molecule has 98 valence electrons. The summed E-state index contributed by atoms with van der Waals surface area (Å²) < 4.78 is 3.17. The number of nitrogens with zero attached hydrogens (tertiary/aromatic N) is 2. The maximum Gasteiger partial charge on any atom is 0.153 e. The zero-order valence-electron chi connectivity index (χ0n) is 10.6. The summed E-state index contributed by atoms with van der Waals surface area (Å²) >= 11 is 2.27. The summed E-state index contributed by atoms with van der Waals surface area (Å²) in [5.74, 6) is 0. The van der Waals surface area contributed by atoms with Gasteiger partial charge in [0.25, 0.3) is 0 Å². The van der Waals surface area contributed by atoms with Gasteiger partial charge in [-0.1, -0.05) is 25.0 Å². The van der Waals surface area contributed by atoms with Gasteiger partial charge >= 0.3 is 0 Å². The molecule has 1 saturated carbocycles. The van der Waals surface area contributed by atoms with Crippen LogP contribution in [0.3, 0.4) is 0 Å². The Balaban J connectivity index is 2.00. The first-order chi connectivity index (χ1) is 9.28. The molecule has 19 heavy (non-hydrogen) atoms. The molecule has 1 aromatic heterocycles. The van der Waals surface area contributed by atoms with E-state index in [4.69, 9.17) is 0 Å². The molecule has 1 aliphatic rings. The van der Waals surface area contributed by atoms with Crippen molar-refractivity contribution in [1.29, 1.82) is 0 Å². The van der Waals surface area contributed by atoms with Gasteiger partial charge in [-0.2, -0.15) is 5.10 Å². The topological polar surface area (TPSA) is 34.9 Å². The minimum Gasteiger partial charge on any atom is -0.298 e. The number of rotatable bonds is 3. The maximum absolute atomic E-state index is 11.2. The van der Waals surface area contributed by atoms with Crippen LogP contribution in [0.5, 0.6) is 0 Å². The van der Waals surface area contributed by atoms with E-state index in [1.807, 2.05) is 35.1 Å². The van der Waals surface area contributed by atoms with Crippen molar-refractivity contribution in [2.24, 2.45) is 0 Å². The molecule has 1 aromatic carbocycles. The average molecular weight is 366 g/mol. The van der Waals surface area contributed by atoms with E-state index in [1.54, 1.807) is 0 Å². The molecule has 0 spiro atoms. The van der Waals surface area contributed by atoms with Gasteiger partial charge in [0.15, 0.2) is 6.29 Å². The molecule has 1 fully saturated rings. The Morgan fingerprint density at radius 1 is 1.21 bits per heavy atom. The largest absolute Gasteiger partial charge is 0.298 e. The van der Waals surface area contributed by atoms with Crippen LogP contribution < -0.4 is 0 Å². The van der Waals surface area contributed by atoms with E-state index < -0.39 is 0 Å². The average Bonchev–Trinajstić information content (AvgIpc) is 3.08. The van der Waals surface area contributed by atoms with Crippen LogP contribution >= 0.6 is 22.6 Å². The van der Waals surface area contributed by atoms with E-state index in [2.05, 4.69) is 27.7 Å². The monoisotopic (exact) mass is 366 g/mol. The lowest BCUT2D eigenvalue weighted by atomic mass is 10.1. The van der Waals surface area contributed by atoms with Crippen LogP contribution in [0.15, 0.2) is 30.5 Å². The molecule has 4 heteroatoms. The lowest BCUT2D eigenvalue weighted by Gasteiger charge is -2.08. The summed E-state index contributed by atoms with van der Waals surface area (Å²) in [4.78, 5) is 11.2. The van der Waals surface area contributed by atoms with Gasteiger partial charge in [-0.15, -0.1) is 0 Å². The number of carbonyl (C=O) groups is 1. The summed E-state index contributed by atoms with van der Waals surface area (Å²) in [6, 6.07) is 8.60. The number of halogens is 1. The van der Waals surface area contributed by atoms with E-state index in [0.29, 0.717) is 11.6 Å². The third-order valence-corrected chi connectivity index (χ3v) is 4.42. The Labute approximate surface area is 126 Å². The zero-order valence-corrected chi connectivity index (χ0v) is 12.7. The summed E-state index contributed by atoms with van der Waals surface area (Å²) in [7, 11) is 0. The van der Waals surface area contributed by atoms with Crippen molar-refractivity contribution in [1.82, 2.24) is 9.78 Å². The predicted molar refractivity (Wildman–Crippen MR) is 83.3 cm³/mol. The highest BCUT2D eigenvalue weighted by Crippen LogP contribution is 2.31. The van der Waals surface area contributed by atoms with Crippen molar-refractivity contribution in [2.45, 2.75) is 31.7 Å². The van der Waals surface area contributed by atoms with Gasteiger partial charge in [0, 0.05) is 15.3 Å². The Hall–Kier alpha value is -1.17. The molecular weight excluding hydrogens is 351 g/mol. The van der Waals surface area contributed by atoms with Gasteiger partial charge in [-0.05, 0) is 47.6 Å². The molecule has 3 rings (SSSR count). The second-order valence-electron chi connectivity index (χ2n) is 4.98. The van der Waals surface area contributed by atoms with Crippen molar-refractivity contribution < 1.29 is 4.79 Å². The van der Waals surface area contributed by atoms with Crippen molar-refractivity contribution in [3.8, 4) is 11.3 Å². The molecule has 0 N–H and O–H groups in total. The van der Waals surface area contributed by atoms with Crippen LogP contribution in [0.2, 0.25) is 0 Å². The molecule has 2 aromatic rings. The standard InChI is InChI=1S/C15H15IN2O/c16-13-7-5-11(6-8-13)15-12(10-19)9-18(17-15)14-3-1-2-4-14/h5-10,14H,1-4H2. The molecule has 1 aliphatic carbocycles. The molecule has 0 bridgehead atoms. The molecule has 0 amide bonds. The molecule has 1 heterocycles. The lowest BCUT2D eigenvalue weighted by Crippen LogP contribution is -2.04. The Kier molecular flexibility index (Phi) is 3.68. The minimum absolute atomic E-state index is 0.469. The molecule has 3 nitrogen and oxygen atoms in total. The smallest absolute Gasteiger partial charge is 0.153 e. The quantitative estimate of drug-likeness (QED) is 0.606. The second-order valence-corrected chi connectivity index (χ2v) is 6.22. The van der Waals surface area contributed by atoms with E-state index in [-0.39, 0.29) is 0 Å². The van der Waals surface area contributed by atoms with Crippen LogP contribution in [0.1, 0.15) is 42.1 Å². The Bertz CT molecular complexity index is 583. The van der Waals surface area contributed by atoms with Crippen LogP contribution in [0.25, 0.3) is 11.3 Å². The van der Waals surface area contributed by atoms with Gasteiger partial charge in [0.1, 0.15) is 5.69 Å². The first-order valence-corrected chi connectivity index (χ1v) is 7.66. The Morgan fingerprint density at radius 2 is 1.89 bits per heavy atom. The molecule has 0 radical (unpaired) electrons. The fourth-order valence-corrected chi connectivity index (χ4v) is 3.04. The van der Waals surface area contributed by atoms with Crippen LogP contribution in [0, 0.1) is 3.57 Å². The highest BCUT2D eigenvalue weighted by Gasteiger charge is 2.20. The van der Waals surface area contributed by atoms with Gasteiger partial charge in [0.05, 0.1) is 11.6 Å². The summed E-state index contributed by atoms with van der Waals surface area (Å²) in [6.45, 7) is 0. The zero-order chi connectivity index (χ0) is 13.2. The minimum atomic E-state index is 0.469. The van der Waals surface area contributed by atoms with Crippen LogP contribution in [-0.2, 0) is 0 Å². The first kappa shape index (κ1) is 12.8. The number of aromatic nitrogens is 2. The summed E-state index contributed by atoms with van der Waals surface area (Å²) in [5.41, 5.74) is 2.51. The highest BCUT2D eigenvalue weighted by atomic mass is 127. The first-order valence-electron chi connectivity index (χ1n) is 6.58. The number of carbonyl (C=O) groups excluding carboxylic acids is 1. The third kappa shape index (κ3) is 2.59. The summed E-state index contributed by atoms with van der Waals surface area (Å²) in [6.07, 6.45) is 7.68. The van der Waals surface area contributed by atoms with Crippen molar-refractivity contribution in [3.63, 3.8) is 0 Å². The van der Waals surface area contributed by atoms with Gasteiger partial charge in [0.2, 0.25) is 0 Å².